The van der Waals surface area contributed by atoms with Gasteiger partial charge in [-0.1, -0.05) is 23.7 Å². The summed E-state index contributed by atoms with van der Waals surface area (Å²) in [6, 6.07) is 12.3. The second-order valence-electron chi connectivity index (χ2n) is 6.87. The minimum absolute atomic E-state index is 0.190. The van der Waals surface area contributed by atoms with Gasteiger partial charge in [0.05, 0.1) is 12.6 Å². The number of ether oxygens (including phenoxy) is 2. The van der Waals surface area contributed by atoms with E-state index in [2.05, 4.69) is 16.0 Å². The number of benzene rings is 2. The number of halogens is 1. The van der Waals surface area contributed by atoms with Crippen molar-refractivity contribution in [2.45, 2.75) is 25.6 Å². The van der Waals surface area contributed by atoms with E-state index in [1.54, 1.807) is 24.3 Å². The monoisotopic (exact) mass is 417 g/mol. The maximum atomic E-state index is 13.2. The number of carbonyl (C=O) groups is 1. The summed E-state index contributed by atoms with van der Waals surface area (Å²) < 4.78 is 12.0. The molecule has 6 nitrogen and oxygen atoms in total. The number of carbonyl (C=O) groups excluding carboxylic acids is 1. The van der Waals surface area contributed by atoms with Crippen LogP contribution in [-0.4, -0.2) is 23.4 Å². The van der Waals surface area contributed by atoms with Crippen LogP contribution in [0.25, 0.3) is 0 Å². The Morgan fingerprint density at radius 3 is 2.79 bits per heavy atom. The molecule has 3 atom stereocenters. The number of hydrogen-bond acceptors (Lipinski definition) is 4. The van der Waals surface area contributed by atoms with E-state index in [-0.39, 0.29) is 11.9 Å². The van der Waals surface area contributed by atoms with Gasteiger partial charge in [-0.3, -0.25) is 4.79 Å². The summed E-state index contributed by atoms with van der Waals surface area (Å²) in [5.74, 6) is 0.503. The van der Waals surface area contributed by atoms with E-state index in [1.165, 1.54) is 0 Å². The Balaban J connectivity index is 1.72. The summed E-state index contributed by atoms with van der Waals surface area (Å²) in [4.78, 5) is 13.2. The second-order valence-corrected chi connectivity index (χ2v) is 7.71. The zero-order valence-electron chi connectivity index (χ0n) is 15.4. The Kier molecular flexibility index (Phi) is 4.81. The van der Waals surface area contributed by atoms with Crippen LogP contribution in [0.3, 0.4) is 0 Å². The predicted molar refractivity (Wildman–Crippen MR) is 112 cm³/mol. The SMILES string of the molecule is CCOc1cccc2c1O[C@]1(C)NC(=S)N[C@H]2[C@@H]1C(=O)Nc1ccc(Cl)cc1. The van der Waals surface area contributed by atoms with Gasteiger partial charge >= 0.3 is 0 Å². The third kappa shape index (κ3) is 3.25. The summed E-state index contributed by atoms with van der Waals surface area (Å²) in [6.45, 7) is 4.25. The molecule has 2 aromatic rings. The van der Waals surface area contributed by atoms with Crippen LogP contribution in [0.1, 0.15) is 25.5 Å². The van der Waals surface area contributed by atoms with Gasteiger partial charge in [-0.05, 0) is 56.4 Å². The van der Waals surface area contributed by atoms with Gasteiger partial charge in [0.2, 0.25) is 5.91 Å². The second kappa shape index (κ2) is 7.14. The molecule has 2 heterocycles. The standard InChI is InChI=1S/C20H20ClN3O3S/c1-3-26-14-6-4-5-13-16-15(18(25)22-12-9-7-11(21)8-10-12)20(2,27-17(13)14)24-19(28)23-16/h4-10,15-16H,3H2,1-2H3,(H,22,25)(H2,23,24,28)/t15-,16-,20+/m1/s1. The molecule has 2 aliphatic rings. The normalized spacial score (nSPS) is 24.9. The zero-order valence-corrected chi connectivity index (χ0v) is 17.0. The number of amides is 1. The fraction of sp³-hybridized carbons (Fsp3) is 0.300. The largest absolute Gasteiger partial charge is 0.490 e. The molecule has 0 radical (unpaired) electrons. The van der Waals surface area contributed by atoms with Crippen molar-refractivity contribution in [1.82, 2.24) is 10.6 Å². The van der Waals surface area contributed by atoms with E-state index in [1.807, 2.05) is 32.0 Å². The molecule has 0 spiro atoms. The van der Waals surface area contributed by atoms with Gasteiger partial charge in [0, 0.05) is 16.3 Å². The van der Waals surface area contributed by atoms with Crippen molar-refractivity contribution in [3.8, 4) is 11.5 Å². The fourth-order valence-corrected chi connectivity index (χ4v) is 4.21. The lowest BCUT2D eigenvalue weighted by molar-refractivity contribution is -0.132. The van der Waals surface area contributed by atoms with Crippen molar-refractivity contribution in [1.29, 1.82) is 0 Å². The van der Waals surface area contributed by atoms with Gasteiger partial charge in [0.15, 0.2) is 22.3 Å². The molecule has 8 heteroatoms. The molecule has 0 aliphatic carbocycles. The summed E-state index contributed by atoms with van der Waals surface area (Å²) >= 11 is 11.3. The zero-order chi connectivity index (χ0) is 19.9. The molecule has 146 valence electrons. The Morgan fingerprint density at radius 2 is 2.07 bits per heavy atom. The number of nitrogens with one attached hydrogen (secondary N) is 3. The van der Waals surface area contributed by atoms with E-state index in [9.17, 15) is 4.79 Å². The summed E-state index contributed by atoms with van der Waals surface area (Å²) in [5, 5.41) is 10.3. The smallest absolute Gasteiger partial charge is 0.236 e. The van der Waals surface area contributed by atoms with Crippen molar-refractivity contribution in [2.75, 3.05) is 11.9 Å². The first-order valence-corrected chi connectivity index (χ1v) is 9.80. The minimum Gasteiger partial charge on any atom is -0.490 e. The van der Waals surface area contributed by atoms with E-state index >= 15 is 0 Å². The van der Waals surface area contributed by atoms with Gasteiger partial charge in [0.25, 0.3) is 0 Å². The number of rotatable bonds is 4. The first-order valence-electron chi connectivity index (χ1n) is 9.01. The van der Waals surface area contributed by atoms with Gasteiger partial charge in [-0.25, -0.2) is 0 Å². The lowest BCUT2D eigenvalue weighted by Crippen LogP contribution is -2.70. The molecule has 2 bridgehead atoms. The van der Waals surface area contributed by atoms with Crippen LogP contribution in [0, 0.1) is 5.92 Å². The van der Waals surface area contributed by atoms with Gasteiger partial charge in [0.1, 0.15) is 5.92 Å². The summed E-state index contributed by atoms with van der Waals surface area (Å²) in [5.41, 5.74) is 0.472. The van der Waals surface area contributed by atoms with Crippen LogP contribution in [0.2, 0.25) is 5.02 Å². The maximum absolute atomic E-state index is 13.2. The highest BCUT2D eigenvalue weighted by Gasteiger charge is 2.55. The number of hydrogen-bond donors (Lipinski definition) is 3. The maximum Gasteiger partial charge on any atom is 0.236 e. The van der Waals surface area contributed by atoms with Crippen molar-refractivity contribution in [2.24, 2.45) is 5.92 Å². The topological polar surface area (TPSA) is 71.6 Å². The molecule has 3 N–H and O–H groups in total. The molecule has 0 aromatic heterocycles. The number of para-hydroxylation sites is 1. The number of thiocarbonyl (C=S) groups is 1. The van der Waals surface area contributed by atoms with Gasteiger partial charge in [-0.15, -0.1) is 0 Å². The Hall–Kier alpha value is -2.51. The van der Waals surface area contributed by atoms with E-state index in [4.69, 9.17) is 33.3 Å². The van der Waals surface area contributed by atoms with Crippen molar-refractivity contribution in [3.63, 3.8) is 0 Å². The Bertz CT molecular complexity index is 937. The van der Waals surface area contributed by atoms with Gasteiger partial charge in [-0.2, -0.15) is 0 Å². The highest BCUT2D eigenvalue weighted by molar-refractivity contribution is 7.80. The molecule has 0 saturated carbocycles. The minimum atomic E-state index is -1.02. The van der Waals surface area contributed by atoms with Crippen LogP contribution in [0.4, 0.5) is 5.69 Å². The third-order valence-electron chi connectivity index (χ3n) is 4.93. The number of anilines is 1. The molecule has 1 amide bonds. The average molecular weight is 418 g/mol. The van der Waals surface area contributed by atoms with Crippen LogP contribution in [0.5, 0.6) is 11.5 Å². The highest BCUT2D eigenvalue weighted by atomic mass is 35.5. The first-order chi connectivity index (χ1) is 13.4. The molecular formula is C20H20ClN3O3S. The molecule has 4 rings (SSSR count). The van der Waals surface area contributed by atoms with E-state index in [0.29, 0.717) is 33.9 Å². The number of fused-ring (bicyclic) bond motifs is 4. The van der Waals surface area contributed by atoms with E-state index in [0.717, 1.165) is 5.56 Å². The fourth-order valence-electron chi connectivity index (χ4n) is 3.75. The molecular weight excluding hydrogens is 398 g/mol. The molecule has 1 saturated heterocycles. The predicted octanol–water partition coefficient (Wildman–Crippen LogP) is 3.62. The Labute approximate surface area is 173 Å². The Morgan fingerprint density at radius 1 is 1.32 bits per heavy atom. The molecule has 0 unspecified atom stereocenters. The van der Waals surface area contributed by atoms with Crippen LogP contribution >= 0.6 is 23.8 Å². The van der Waals surface area contributed by atoms with Crippen LogP contribution < -0.4 is 25.4 Å². The highest BCUT2D eigenvalue weighted by Crippen LogP contribution is 2.48. The van der Waals surface area contributed by atoms with Crippen molar-refractivity contribution >= 4 is 40.5 Å². The molecule has 2 aliphatic heterocycles. The first kappa shape index (κ1) is 18.8. The third-order valence-corrected chi connectivity index (χ3v) is 5.40. The van der Waals surface area contributed by atoms with E-state index < -0.39 is 11.6 Å². The summed E-state index contributed by atoms with van der Waals surface area (Å²) in [6.07, 6.45) is 0. The lowest BCUT2D eigenvalue weighted by Gasteiger charge is -2.50. The lowest BCUT2D eigenvalue weighted by atomic mass is 9.79. The average Bonchev–Trinajstić information content (AvgIpc) is 2.63. The van der Waals surface area contributed by atoms with Crippen molar-refractivity contribution in [3.05, 3.63) is 53.1 Å². The van der Waals surface area contributed by atoms with Gasteiger partial charge < -0.3 is 25.4 Å². The summed E-state index contributed by atoms with van der Waals surface area (Å²) in [7, 11) is 0. The van der Waals surface area contributed by atoms with Crippen molar-refractivity contribution < 1.29 is 14.3 Å². The van der Waals surface area contributed by atoms with Crippen LogP contribution in [-0.2, 0) is 4.79 Å². The quantitative estimate of drug-likeness (QED) is 0.660. The molecule has 1 fully saturated rings. The molecule has 2 aromatic carbocycles. The molecule has 28 heavy (non-hydrogen) atoms. The van der Waals surface area contributed by atoms with Crippen LogP contribution in [0.15, 0.2) is 42.5 Å².